The standard InChI is InChI=1S/C11H15N5O/c1-8-6-16(4-3-12-8)11-13-10(14-15-11)9-2-5-17-7-9/h2,5,7-8,12H,3-4,6H2,1H3,(H,13,14,15)/t8-/m1/s1. The van der Waals surface area contributed by atoms with Gasteiger partial charge in [0, 0.05) is 25.7 Å². The van der Waals surface area contributed by atoms with E-state index in [9.17, 15) is 0 Å². The lowest BCUT2D eigenvalue weighted by Crippen LogP contribution is -2.49. The largest absolute Gasteiger partial charge is 0.472 e. The third-order valence-corrected chi connectivity index (χ3v) is 2.92. The van der Waals surface area contributed by atoms with E-state index >= 15 is 0 Å². The lowest BCUT2D eigenvalue weighted by Gasteiger charge is -2.30. The van der Waals surface area contributed by atoms with Gasteiger partial charge in [0.25, 0.3) is 0 Å². The van der Waals surface area contributed by atoms with Crippen molar-refractivity contribution in [3.8, 4) is 11.4 Å². The Labute approximate surface area is 99.0 Å². The molecule has 1 saturated heterocycles. The Hall–Kier alpha value is -1.82. The van der Waals surface area contributed by atoms with Crippen molar-refractivity contribution in [2.45, 2.75) is 13.0 Å². The van der Waals surface area contributed by atoms with Crippen LogP contribution in [0, 0.1) is 0 Å². The molecule has 0 spiro atoms. The van der Waals surface area contributed by atoms with Gasteiger partial charge in [0.1, 0.15) is 6.26 Å². The van der Waals surface area contributed by atoms with Crippen LogP contribution in [-0.2, 0) is 0 Å². The van der Waals surface area contributed by atoms with E-state index in [-0.39, 0.29) is 0 Å². The highest BCUT2D eigenvalue weighted by molar-refractivity contribution is 5.54. The molecule has 2 N–H and O–H groups in total. The van der Waals surface area contributed by atoms with E-state index in [0.717, 1.165) is 37.0 Å². The number of aromatic nitrogens is 3. The van der Waals surface area contributed by atoms with Gasteiger partial charge >= 0.3 is 0 Å². The fourth-order valence-corrected chi connectivity index (χ4v) is 2.04. The minimum Gasteiger partial charge on any atom is -0.472 e. The molecule has 0 unspecified atom stereocenters. The highest BCUT2D eigenvalue weighted by Gasteiger charge is 2.19. The highest BCUT2D eigenvalue weighted by Crippen LogP contribution is 2.18. The van der Waals surface area contributed by atoms with Crippen LogP contribution in [0.15, 0.2) is 23.0 Å². The summed E-state index contributed by atoms with van der Waals surface area (Å²) in [6.45, 7) is 5.00. The smallest absolute Gasteiger partial charge is 0.245 e. The summed E-state index contributed by atoms with van der Waals surface area (Å²) >= 11 is 0. The first-order valence-electron chi connectivity index (χ1n) is 5.76. The number of furan rings is 1. The van der Waals surface area contributed by atoms with Gasteiger partial charge in [-0.15, -0.1) is 5.10 Å². The maximum atomic E-state index is 5.03. The second-order valence-corrected chi connectivity index (χ2v) is 4.30. The van der Waals surface area contributed by atoms with Crippen molar-refractivity contribution in [3.05, 3.63) is 18.6 Å². The number of rotatable bonds is 2. The van der Waals surface area contributed by atoms with Crippen molar-refractivity contribution in [1.29, 1.82) is 0 Å². The molecule has 2 aromatic heterocycles. The number of H-pyrrole nitrogens is 1. The molecule has 0 aromatic carbocycles. The average molecular weight is 233 g/mol. The number of piperazine rings is 1. The first-order valence-corrected chi connectivity index (χ1v) is 5.76. The average Bonchev–Trinajstić information content (AvgIpc) is 3.00. The van der Waals surface area contributed by atoms with Crippen molar-refractivity contribution in [2.75, 3.05) is 24.5 Å². The molecule has 1 aliphatic rings. The van der Waals surface area contributed by atoms with Crippen molar-refractivity contribution in [2.24, 2.45) is 0 Å². The molecule has 90 valence electrons. The molecule has 0 bridgehead atoms. The van der Waals surface area contributed by atoms with Gasteiger partial charge in [-0.3, -0.25) is 5.10 Å². The van der Waals surface area contributed by atoms with Crippen LogP contribution < -0.4 is 10.2 Å². The fourth-order valence-electron chi connectivity index (χ4n) is 2.04. The van der Waals surface area contributed by atoms with Gasteiger partial charge in [0.15, 0.2) is 5.82 Å². The molecule has 3 heterocycles. The van der Waals surface area contributed by atoms with E-state index < -0.39 is 0 Å². The molecule has 0 aliphatic carbocycles. The van der Waals surface area contributed by atoms with Crippen LogP contribution in [0.3, 0.4) is 0 Å². The van der Waals surface area contributed by atoms with Crippen molar-refractivity contribution in [1.82, 2.24) is 20.5 Å². The van der Waals surface area contributed by atoms with E-state index in [4.69, 9.17) is 4.42 Å². The van der Waals surface area contributed by atoms with Gasteiger partial charge in [-0.1, -0.05) is 0 Å². The summed E-state index contributed by atoms with van der Waals surface area (Å²) in [5.74, 6) is 1.51. The van der Waals surface area contributed by atoms with Crippen LogP contribution >= 0.6 is 0 Å². The first kappa shape index (κ1) is 10.3. The van der Waals surface area contributed by atoms with Gasteiger partial charge in [0.05, 0.1) is 11.8 Å². The van der Waals surface area contributed by atoms with Crippen LogP contribution in [0.5, 0.6) is 0 Å². The van der Waals surface area contributed by atoms with Crippen LogP contribution in [0.1, 0.15) is 6.92 Å². The Morgan fingerprint density at radius 2 is 2.47 bits per heavy atom. The monoisotopic (exact) mass is 233 g/mol. The zero-order chi connectivity index (χ0) is 11.7. The highest BCUT2D eigenvalue weighted by atomic mass is 16.3. The van der Waals surface area contributed by atoms with Crippen molar-refractivity contribution >= 4 is 5.95 Å². The lowest BCUT2D eigenvalue weighted by atomic mass is 10.2. The maximum absolute atomic E-state index is 5.03. The number of nitrogens with zero attached hydrogens (tertiary/aromatic N) is 3. The van der Waals surface area contributed by atoms with Gasteiger partial charge in [-0.25, -0.2) is 0 Å². The maximum Gasteiger partial charge on any atom is 0.245 e. The molecule has 6 heteroatoms. The number of hydrogen-bond acceptors (Lipinski definition) is 5. The Kier molecular flexibility index (Phi) is 2.56. The molecule has 2 aromatic rings. The number of hydrogen-bond donors (Lipinski definition) is 2. The predicted molar refractivity (Wildman–Crippen MR) is 63.8 cm³/mol. The Morgan fingerprint density at radius 1 is 1.53 bits per heavy atom. The third-order valence-electron chi connectivity index (χ3n) is 2.92. The summed E-state index contributed by atoms with van der Waals surface area (Å²) < 4.78 is 5.03. The molecular formula is C11H15N5O. The van der Waals surface area contributed by atoms with E-state index in [1.54, 1.807) is 12.5 Å². The van der Waals surface area contributed by atoms with E-state index in [1.807, 2.05) is 6.07 Å². The Morgan fingerprint density at radius 3 is 3.24 bits per heavy atom. The molecule has 1 atom stereocenters. The minimum absolute atomic E-state index is 0.472. The topological polar surface area (TPSA) is 70.0 Å². The van der Waals surface area contributed by atoms with Gasteiger partial charge in [0.2, 0.25) is 5.95 Å². The summed E-state index contributed by atoms with van der Waals surface area (Å²) in [5, 5.41) is 10.6. The van der Waals surface area contributed by atoms with Crippen LogP contribution in [0.4, 0.5) is 5.95 Å². The summed E-state index contributed by atoms with van der Waals surface area (Å²) in [7, 11) is 0. The number of aromatic amines is 1. The summed E-state index contributed by atoms with van der Waals surface area (Å²) in [6, 6.07) is 2.34. The zero-order valence-electron chi connectivity index (χ0n) is 9.68. The zero-order valence-corrected chi connectivity index (χ0v) is 9.68. The third kappa shape index (κ3) is 2.03. The van der Waals surface area contributed by atoms with Crippen molar-refractivity contribution in [3.63, 3.8) is 0 Å². The molecule has 6 nitrogen and oxygen atoms in total. The Bertz CT molecular complexity index is 478. The quantitative estimate of drug-likeness (QED) is 0.805. The van der Waals surface area contributed by atoms with Crippen LogP contribution in [0.2, 0.25) is 0 Å². The van der Waals surface area contributed by atoms with E-state index in [1.165, 1.54) is 0 Å². The summed E-state index contributed by atoms with van der Waals surface area (Å²) in [5.41, 5.74) is 0.923. The molecule has 17 heavy (non-hydrogen) atoms. The minimum atomic E-state index is 0.472. The van der Waals surface area contributed by atoms with Crippen LogP contribution in [0.25, 0.3) is 11.4 Å². The molecule has 1 aliphatic heterocycles. The molecule has 0 saturated carbocycles. The second-order valence-electron chi connectivity index (χ2n) is 4.30. The molecular weight excluding hydrogens is 218 g/mol. The molecule has 1 fully saturated rings. The summed E-state index contributed by atoms with van der Waals surface area (Å²) in [4.78, 5) is 6.66. The van der Waals surface area contributed by atoms with E-state index in [2.05, 4.69) is 32.3 Å². The van der Waals surface area contributed by atoms with E-state index in [0.29, 0.717) is 6.04 Å². The molecule has 3 rings (SSSR count). The SMILES string of the molecule is C[C@@H]1CN(c2n[nH]c(-c3ccoc3)n2)CCN1. The van der Waals surface area contributed by atoms with Gasteiger partial charge in [-0.05, 0) is 13.0 Å². The number of nitrogens with one attached hydrogen (secondary N) is 2. The van der Waals surface area contributed by atoms with Crippen molar-refractivity contribution < 1.29 is 4.42 Å². The Balaban J connectivity index is 1.80. The normalized spacial score (nSPS) is 20.8. The number of anilines is 1. The van der Waals surface area contributed by atoms with Gasteiger partial charge < -0.3 is 14.6 Å². The first-order chi connectivity index (χ1) is 8.33. The summed E-state index contributed by atoms with van der Waals surface area (Å²) in [6.07, 6.45) is 3.29. The molecule has 0 amide bonds. The lowest BCUT2D eigenvalue weighted by molar-refractivity contribution is 0.480. The van der Waals surface area contributed by atoms with Crippen LogP contribution in [-0.4, -0.2) is 40.9 Å². The predicted octanol–water partition coefficient (Wildman–Crippen LogP) is 0.863. The molecule has 0 radical (unpaired) electrons. The second kappa shape index (κ2) is 4.21. The van der Waals surface area contributed by atoms with Gasteiger partial charge in [-0.2, -0.15) is 4.98 Å². The fraction of sp³-hybridized carbons (Fsp3) is 0.455.